The second-order valence-corrected chi connectivity index (χ2v) is 8.79. The van der Waals surface area contributed by atoms with Crippen molar-refractivity contribution in [3.63, 3.8) is 0 Å². The molecule has 12 nitrogen and oxygen atoms in total. The maximum atomic E-state index is 10.7. The molecule has 3 aromatic rings. The molecular weight excluding hydrogens is 450 g/mol. The number of morpholine rings is 1. The van der Waals surface area contributed by atoms with Crippen LogP contribution in [-0.4, -0.2) is 111 Å². The molecule has 3 N–H and O–H groups in total. The van der Waals surface area contributed by atoms with Crippen molar-refractivity contribution in [2.24, 2.45) is 0 Å². The highest BCUT2D eigenvalue weighted by molar-refractivity contribution is 5.87. The molecule has 2 aliphatic rings. The zero-order valence-corrected chi connectivity index (χ0v) is 19.5. The first-order valence-corrected chi connectivity index (χ1v) is 11.7. The molecule has 1 atom stereocenters. The van der Waals surface area contributed by atoms with Gasteiger partial charge in [-0.3, -0.25) is 14.8 Å². The fraction of sp³-hybridized carbons (Fsp3) is 0.478. The molecule has 0 aliphatic carbocycles. The number of nitrogens with two attached hydrogens (primary N) is 1. The van der Waals surface area contributed by atoms with Gasteiger partial charge in [0, 0.05) is 70.9 Å². The van der Waals surface area contributed by atoms with E-state index in [9.17, 15) is 9.90 Å². The van der Waals surface area contributed by atoms with Crippen LogP contribution in [0.25, 0.3) is 22.4 Å². The Kier molecular flexibility index (Phi) is 7.04. The van der Waals surface area contributed by atoms with Crippen LogP contribution in [0.1, 0.15) is 5.56 Å². The van der Waals surface area contributed by atoms with Crippen LogP contribution in [-0.2, 0) is 16.1 Å². The average molecular weight is 480 g/mol. The Morgan fingerprint density at radius 1 is 1.00 bits per heavy atom. The maximum absolute atomic E-state index is 10.7. The van der Waals surface area contributed by atoms with Crippen LogP contribution in [0.15, 0.2) is 24.7 Å². The lowest BCUT2D eigenvalue weighted by Gasteiger charge is -2.35. The van der Waals surface area contributed by atoms with Crippen LogP contribution < -0.4 is 10.6 Å². The number of fused-ring (bicyclic) bond motifs is 1. The Balaban J connectivity index is 1.40. The van der Waals surface area contributed by atoms with Gasteiger partial charge in [-0.05, 0) is 11.6 Å². The number of nitrogens with zero attached hydrogens (tertiary/aromatic N) is 8. The Morgan fingerprint density at radius 2 is 1.71 bits per heavy atom. The van der Waals surface area contributed by atoms with Gasteiger partial charge in [-0.25, -0.2) is 19.9 Å². The number of β-amino-alcohol motifs (C(OH)–C–C–N with tert-alkyl or cyclic N) is 1. The van der Waals surface area contributed by atoms with Gasteiger partial charge in [0.25, 0.3) is 0 Å². The number of anilines is 2. The van der Waals surface area contributed by atoms with Crippen molar-refractivity contribution in [1.29, 1.82) is 0 Å². The van der Waals surface area contributed by atoms with Gasteiger partial charge in [0.15, 0.2) is 11.6 Å². The Hall–Kier alpha value is -3.32. The monoisotopic (exact) mass is 479 g/mol. The normalized spacial score (nSPS) is 18.6. The van der Waals surface area contributed by atoms with Gasteiger partial charge >= 0.3 is 0 Å². The topological polar surface area (TPSA) is 147 Å². The first kappa shape index (κ1) is 23.4. The van der Waals surface area contributed by atoms with Crippen LogP contribution in [0.4, 0.5) is 11.8 Å². The van der Waals surface area contributed by atoms with Gasteiger partial charge in [-0.15, -0.1) is 0 Å². The molecule has 2 saturated heterocycles. The highest BCUT2D eigenvalue weighted by atomic mass is 16.5. The number of piperazine rings is 1. The van der Waals surface area contributed by atoms with Gasteiger partial charge in [-0.1, -0.05) is 0 Å². The number of rotatable bonds is 7. The third-order valence-corrected chi connectivity index (χ3v) is 6.29. The number of pyridine rings is 1. The van der Waals surface area contributed by atoms with Crippen molar-refractivity contribution in [2.75, 3.05) is 69.7 Å². The fourth-order valence-electron chi connectivity index (χ4n) is 4.41. The second-order valence-electron chi connectivity index (χ2n) is 8.79. The number of hydrogen-bond donors (Lipinski definition) is 2. The zero-order chi connectivity index (χ0) is 24.2. The lowest BCUT2D eigenvalue weighted by atomic mass is 10.2. The molecule has 0 radical (unpaired) electrons. The summed E-state index contributed by atoms with van der Waals surface area (Å²) >= 11 is 0. The third-order valence-electron chi connectivity index (χ3n) is 6.29. The van der Waals surface area contributed by atoms with Crippen molar-refractivity contribution in [1.82, 2.24) is 34.7 Å². The summed E-state index contributed by atoms with van der Waals surface area (Å²) in [5.74, 6) is 1.51. The summed E-state index contributed by atoms with van der Waals surface area (Å²) in [6.07, 6.45) is 4.82. The van der Waals surface area contributed by atoms with Crippen LogP contribution in [0, 0.1) is 0 Å². The number of aldehydes is 1. The van der Waals surface area contributed by atoms with E-state index >= 15 is 0 Å². The average Bonchev–Trinajstić information content (AvgIpc) is 2.90. The molecule has 5 rings (SSSR count). The third kappa shape index (κ3) is 5.51. The smallest absolute Gasteiger partial charge is 0.219 e. The molecule has 3 aromatic heterocycles. The molecule has 0 saturated carbocycles. The van der Waals surface area contributed by atoms with Crippen LogP contribution in [0.5, 0.6) is 0 Å². The zero-order valence-electron chi connectivity index (χ0n) is 19.5. The van der Waals surface area contributed by atoms with Crippen LogP contribution >= 0.6 is 0 Å². The molecule has 0 amide bonds. The minimum absolute atomic E-state index is 0.202. The van der Waals surface area contributed by atoms with Gasteiger partial charge in [0.1, 0.15) is 17.9 Å². The van der Waals surface area contributed by atoms with Gasteiger partial charge in [-0.2, -0.15) is 0 Å². The Bertz CT molecular complexity index is 1160. The van der Waals surface area contributed by atoms with E-state index < -0.39 is 6.10 Å². The van der Waals surface area contributed by atoms with Crippen molar-refractivity contribution in [3.8, 4) is 11.4 Å². The summed E-state index contributed by atoms with van der Waals surface area (Å²) in [5, 5.41) is 9.58. The number of aliphatic hydroxyl groups is 1. The largest absolute Gasteiger partial charge is 0.384 e. The first-order chi connectivity index (χ1) is 17.1. The van der Waals surface area contributed by atoms with Crippen LogP contribution in [0.3, 0.4) is 0 Å². The molecule has 2 aliphatic heterocycles. The molecule has 184 valence electrons. The van der Waals surface area contributed by atoms with Crippen LogP contribution in [0.2, 0.25) is 0 Å². The van der Waals surface area contributed by atoms with Gasteiger partial charge in [0.05, 0.1) is 24.3 Å². The van der Waals surface area contributed by atoms with Crippen molar-refractivity contribution in [2.45, 2.75) is 12.6 Å². The fourth-order valence-corrected chi connectivity index (χ4v) is 4.41. The Labute approximate surface area is 202 Å². The molecule has 0 spiro atoms. The number of carbonyl (C=O) groups excluding carboxylic acids is 1. The summed E-state index contributed by atoms with van der Waals surface area (Å²) in [6.45, 7) is 7.16. The number of carbonyl (C=O) groups is 1. The lowest BCUT2D eigenvalue weighted by Crippen LogP contribution is -2.48. The maximum Gasteiger partial charge on any atom is 0.219 e. The molecule has 0 bridgehead atoms. The number of aromatic nitrogens is 5. The van der Waals surface area contributed by atoms with E-state index in [4.69, 9.17) is 25.4 Å². The molecule has 0 aromatic carbocycles. The number of hydrogen-bond acceptors (Lipinski definition) is 12. The van der Waals surface area contributed by atoms with Gasteiger partial charge in [0.2, 0.25) is 5.95 Å². The molecule has 2 fully saturated rings. The number of nitrogen functional groups attached to an aromatic ring is 1. The molecule has 5 heterocycles. The van der Waals surface area contributed by atoms with Crippen molar-refractivity contribution in [3.05, 3.63) is 30.2 Å². The summed E-state index contributed by atoms with van der Waals surface area (Å²) in [4.78, 5) is 39.9. The van der Waals surface area contributed by atoms with E-state index in [1.54, 1.807) is 12.4 Å². The van der Waals surface area contributed by atoms with E-state index in [-0.39, 0.29) is 5.95 Å². The molecule has 1 unspecified atom stereocenters. The van der Waals surface area contributed by atoms with Crippen molar-refractivity contribution < 1.29 is 14.6 Å². The van der Waals surface area contributed by atoms with E-state index in [1.807, 2.05) is 6.20 Å². The highest BCUT2D eigenvalue weighted by Gasteiger charge is 2.22. The van der Waals surface area contributed by atoms with Crippen molar-refractivity contribution >= 4 is 29.1 Å². The number of aliphatic hydroxyl groups excluding tert-OH is 1. The summed E-state index contributed by atoms with van der Waals surface area (Å²) < 4.78 is 5.52. The molecular formula is C23H29N9O3. The summed E-state index contributed by atoms with van der Waals surface area (Å²) in [7, 11) is 0. The van der Waals surface area contributed by atoms with E-state index in [2.05, 4.69) is 30.7 Å². The first-order valence-electron chi connectivity index (χ1n) is 11.7. The van der Waals surface area contributed by atoms with E-state index in [1.165, 1.54) is 0 Å². The highest BCUT2D eigenvalue weighted by Crippen LogP contribution is 2.27. The minimum Gasteiger partial charge on any atom is -0.384 e. The summed E-state index contributed by atoms with van der Waals surface area (Å²) in [6, 6.07) is 2.07. The second kappa shape index (κ2) is 10.5. The Morgan fingerprint density at radius 3 is 2.43 bits per heavy atom. The number of ether oxygens (including phenoxy) is 1. The predicted octanol–water partition coefficient (Wildman–Crippen LogP) is -0.422. The quantitative estimate of drug-likeness (QED) is 0.424. The SMILES string of the molecule is Nc1ncc(-c2nc(N3CCOCC3)c3ncc(CN4CCN(CC(O)C=O)CC4)cc3n2)cn1. The van der Waals surface area contributed by atoms with E-state index in [0.717, 1.165) is 68.2 Å². The lowest BCUT2D eigenvalue weighted by molar-refractivity contribution is -0.115. The summed E-state index contributed by atoms with van der Waals surface area (Å²) in [5.41, 5.74) is 8.92. The minimum atomic E-state index is -0.924. The molecule has 12 heteroatoms. The van der Waals surface area contributed by atoms with Gasteiger partial charge < -0.3 is 25.3 Å². The predicted molar refractivity (Wildman–Crippen MR) is 130 cm³/mol. The van der Waals surface area contributed by atoms with E-state index in [0.29, 0.717) is 37.4 Å². The molecule has 35 heavy (non-hydrogen) atoms. The standard InChI is InChI=1S/C23H29N9O3/c24-23-26-11-17(12-27-23)21-28-19-9-16(13-30-1-3-31(4-2-30)14-18(34)15-33)10-25-20(19)22(29-21)32-5-7-35-8-6-32/h9-12,15,18,34H,1-8,13-14H2,(H2,24,26,27).